The largest absolute Gasteiger partial charge is 0.481 e. The van der Waals surface area contributed by atoms with Crippen molar-refractivity contribution in [1.29, 1.82) is 0 Å². The van der Waals surface area contributed by atoms with Crippen LogP contribution in [0.2, 0.25) is 0 Å². The fraction of sp³-hybridized carbons (Fsp3) is 0.444. The summed E-state index contributed by atoms with van der Waals surface area (Å²) in [6.07, 6.45) is 1.86. The molecule has 2 aromatic rings. The van der Waals surface area contributed by atoms with Crippen LogP contribution in [0.1, 0.15) is 19.8 Å². The number of carbonyl (C=O) groups excluding carboxylic acids is 1. The first kappa shape index (κ1) is 16.4. The van der Waals surface area contributed by atoms with Crippen LogP contribution in [-0.2, 0) is 0 Å². The molecule has 128 valence electrons. The zero-order chi connectivity index (χ0) is 16.9. The Kier molecular flexibility index (Phi) is 5.03. The van der Waals surface area contributed by atoms with Gasteiger partial charge in [-0.1, -0.05) is 12.1 Å². The number of hydrogen-bond acceptors (Lipinski definition) is 4. The highest BCUT2D eigenvalue weighted by molar-refractivity contribution is 5.90. The van der Waals surface area contributed by atoms with Gasteiger partial charge in [0.1, 0.15) is 0 Å². The van der Waals surface area contributed by atoms with Crippen molar-refractivity contribution in [2.24, 2.45) is 0 Å². The van der Waals surface area contributed by atoms with Gasteiger partial charge in [0.25, 0.3) is 0 Å². The van der Waals surface area contributed by atoms with E-state index in [2.05, 4.69) is 15.6 Å². The molecule has 0 aliphatic carbocycles. The van der Waals surface area contributed by atoms with E-state index in [1.807, 2.05) is 42.2 Å². The zero-order valence-electron chi connectivity index (χ0n) is 14.2. The van der Waals surface area contributed by atoms with Gasteiger partial charge in [-0.15, -0.1) is 0 Å². The van der Waals surface area contributed by atoms with E-state index in [0.29, 0.717) is 18.5 Å². The summed E-state index contributed by atoms with van der Waals surface area (Å²) < 4.78 is 5.24. The van der Waals surface area contributed by atoms with Crippen LogP contribution < -0.4 is 15.4 Å². The first-order valence-electron chi connectivity index (χ1n) is 8.44. The number of benzene rings is 1. The van der Waals surface area contributed by atoms with E-state index in [-0.39, 0.29) is 6.03 Å². The SMILES string of the molecule is CCNC(=O)N1CCC(Nc2cccc3ccc(OC)nc23)CC1. The first-order valence-corrected chi connectivity index (χ1v) is 8.44. The van der Waals surface area contributed by atoms with Crippen LogP contribution in [0.25, 0.3) is 10.9 Å². The topological polar surface area (TPSA) is 66.5 Å². The van der Waals surface area contributed by atoms with Crippen LogP contribution in [-0.4, -0.2) is 48.7 Å². The quantitative estimate of drug-likeness (QED) is 0.906. The fourth-order valence-corrected chi connectivity index (χ4v) is 3.07. The van der Waals surface area contributed by atoms with E-state index < -0.39 is 0 Å². The maximum atomic E-state index is 11.9. The molecule has 6 heteroatoms. The first-order chi connectivity index (χ1) is 11.7. The second kappa shape index (κ2) is 7.38. The van der Waals surface area contributed by atoms with Crippen molar-refractivity contribution in [3.05, 3.63) is 30.3 Å². The lowest BCUT2D eigenvalue weighted by atomic mass is 10.0. The van der Waals surface area contributed by atoms with Crippen LogP contribution in [0.5, 0.6) is 5.88 Å². The Balaban J connectivity index is 1.69. The van der Waals surface area contributed by atoms with E-state index in [0.717, 1.165) is 42.5 Å². The Labute approximate surface area is 142 Å². The summed E-state index contributed by atoms with van der Waals surface area (Å²) >= 11 is 0. The number of fused-ring (bicyclic) bond motifs is 1. The third-order valence-corrected chi connectivity index (χ3v) is 4.37. The highest BCUT2D eigenvalue weighted by Gasteiger charge is 2.22. The monoisotopic (exact) mass is 328 g/mol. The van der Waals surface area contributed by atoms with Crippen molar-refractivity contribution in [3.8, 4) is 5.88 Å². The molecule has 2 amide bonds. The van der Waals surface area contributed by atoms with Crippen LogP contribution in [0.3, 0.4) is 0 Å². The second-order valence-electron chi connectivity index (χ2n) is 5.97. The Morgan fingerprint density at radius 1 is 1.29 bits per heavy atom. The number of urea groups is 1. The Morgan fingerprint density at radius 3 is 2.79 bits per heavy atom. The maximum Gasteiger partial charge on any atom is 0.317 e. The van der Waals surface area contributed by atoms with Gasteiger partial charge in [-0.3, -0.25) is 0 Å². The van der Waals surface area contributed by atoms with Gasteiger partial charge >= 0.3 is 6.03 Å². The molecule has 6 nitrogen and oxygen atoms in total. The van der Waals surface area contributed by atoms with Crippen LogP contribution in [0, 0.1) is 0 Å². The number of piperidine rings is 1. The average molecular weight is 328 g/mol. The van der Waals surface area contributed by atoms with Gasteiger partial charge in [-0.25, -0.2) is 9.78 Å². The van der Waals surface area contributed by atoms with Crippen molar-refractivity contribution in [3.63, 3.8) is 0 Å². The molecule has 3 rings (SSSR count). The minimum atomic E-state index is 0.0347. The van der Waals surface area contributed by atoms with Crippen molar-refractivity contribution < 1.29 is 9.53 Å². The summed E-state index contributed by atoms with van der Waals surface area (Å²) in [6, 6.07) is 10.4. The van der Waals surface area contributed by atoms with Gasteiger partial charge < -0.3 is 20.3 Å². The van der Waals surface area contributed by atoms with Crippen molar-refractivity contribution in [2.45, 2.75) is 25.8 Å². The highest BCUT2D eigenvalue weighted by atomic mass is 16.5. The van der Waals surface area contributed by atoms with E-state index in [1.54, 1.807) is 7.11 Å². The van der Waals surface area contributed by atoms with E-state index in [9.17, 15) is 4.79 Å². The summed E-state index contributed by atoms with van der Waals surface area (Å²) in [5.41, 5.74) is 1.94. The number of likely N-dealkylation sites (tertiary alicyclic amines) is 1. The number of ether oxygens (including phenoxy) is 1. The molecule has 0 radical (unpaired) electrons. The van der Waals surface area contributed by atoms with E-state index in [1.165, 1.54) is 0 Å². The molecule has 1 aromatic carbocycles. The van der Waals surface area contributed by atoms with Crippen molar-refractivity contribution in [1.82, 2.24) is 15.2 Å². The number of amides is 2. The number of aromatic nitrogens is 1. The van der Waals surface area contributed by atoms with Crippen LogP contribution in [0.4, 0.5) is 10.5 Å². The van der Waals surface area contributed by atoms with Gasteiger partial charge in [-0.05, 0) is 31.9 Å². The number of hydrogen-bond donors (Lipinski definition) is 2. The average Bonchev–Trinajstić information content (AvgIpc) is 2.62. The smallest absolute Gasteiger partial charge is 0.317 e. The number of rotatable bonds is 4. The predicted molar refractivity (Wildman–Crippen MR) is 95.6 cm³/mol. The number of nitrogens with one attached hydrogen (secondary N) is 2. The Bertz CT molecular complexity index is 711. The molecule has 1 saturated heterocycles. The van der Waals surface area contributed by atoms with Gasteiger partial charge in [0.2, 0.25) is 5.88 Å². The molecular formula is C18H24N4O2. The normalized spacial score (nSPS) is 15.3. The molecule has 2 N–H and O–H groups in total. The summed E-state index contributed by atoms with van der Waals surface area (Å²) in [5, 5.41) is 7.53. The molecule has 2 heterocycles. The Morgan fingerprint density at radius 2 is 2.08 bits per heavy atom. The summed E-state index contributed by atoms with van der Waals surface area (Å²) in [4.78, 5) is 18.3. The number of anilines is 1. The lowest BCUT2D eigenvalue weighted by molar-refractivity contribution is 0.184. The number of para-hydroxylation sites is 1. The number of carbonyl (C=O) groups is 1. The van der Waals surface area contributed by atoms with Gasteiger partial charge in [-0.2, -0.15) is 0 Å². The minimum Gasteiger partial charge on any atom is -0.481 e. The third-order valence-electron chi connectivity index (χ3n) is 4.37. The van der Waals surface area contributed by atoms with Crippen molar-refractivity contribution in [2.75, 3.05) is 32.1 Å². The molecule has 0 atom stereocenters. The van der Waals surface area contributed by atoms with Crippen LogP contribution in [0.15, 0.2) is 30.3 Å². The summed E-state index contributed by atoms with van der Waals surface area (Å²) in [7, 11) is 1.63. The Hall–Kier alpha value is -2.50. The predicted octanol–water partition coefficient (Wildman–Crippen LogP) is 2.85. The molecular weight excluding hydrogens is 304 g/mol. The molecule has 0 unspecified atom stereocenters. The van der Waals surface area contributed by atoms with Gasteiger partial charge in [0.15, 0.2) is 0 Å². The highest BCUT2D eigenvalue weighted by Crippen LogP contribution is 2.26. The zero-order valence-corrected chi connectivity index (χ0v) is 14.2. The molecule has 0 spiro atoms. The van der Waals surface area contributed by atoms with E-state index >= 15 is 0 Å². The van der Waals surface area contributed by atoms with Crippen LogP contribution >= 0.6 is 0 Å². The number of nitrogens with zero attached hydrogens (tertiary/aromatic N) is 2. The maximum absolute atomic E-state index is 11.9. The molecule has 1 aliphatic rings. The molecule has 24 heavy (non-hydrogen) atoms. The molecule has 1 aromatic heterocycles. The summed E-state index contributed by atoms with van der Waals surface area (Å²) in [6.45, 7) is 4.14. The van der Waals surface area contributed by atoms with Gasteiger partial charge in [0, 0.05) is 37.1 Å². The molecule has 0 saturated carbocycles. The van der Waals surface area contributed by atoms with E-state index in [4.69, 9.17) is 4.74 Å². The van der Waals surface area contributed by atoms with Crippen molar-refractivity contribution >= 4 is 22.6 Å². The molecule has 1 aliphatic heterocycles. The summed E-state index contributed by atoms with van der Waals surface area (Å²) in [5.74, 6) is 0.614. The standard InChI is InChI=1S/C18H24N4O2/c1-3-19-18(23)22-11-9-14(10-12-22)20-15-6-4-5-13-7-8-16(24-2)21-17(13)15/h4-8,14,20H,3,9-12H2,1-2H3,(H,19,23). The molecule has 1 fully saturated rings. The van der Waals surface area contributed by atoms with Gasteiger partial charge in [0.05, 0.1) is 18.3 Å². The lowest BCUT2D eigenvalue weighted by Crippen LogP contribution is -2.46. The minimum absolute atomic E-state index is 0.0347. The number of pyridine rings is 1. The molecule has 0 bridgehead atoms. The fourth-order valence-electron chi connectivity index (χ4n) is 3.07. The third kappa shape index (κ3) is 3.53. The number of methoxy groups -OCH3 is 1. The second-order valence-corrected chi connectivity index (χ2v) is 5.97. The lowest BCUT2D eigenvalue weighted by Gasteiger charge is -2.33.